The predicted molar refractivity (Wildman–Crippen MR) is 55.5 cm³/mol. The molecule has 0 aromatic carbocycles. The van der Waals surface area contributed by atoms with Crippen molar-refractivity contribution >= 4 is 5.82 Å². The first kappa shape index (κ1) is 9.39. The molecule has 2 heterocycles. The van der Waals surface area contributed by atoms with Gasteiger partial charge >= 0.3 is 0 Å². The van der Waals surface area contributed by atoms with Crippen LogP contribution >= 0.6 is 0 Å². The van der Waals surface area contributed by atoms with Crippen molar-refractivity contribution in [2.24, 2.45) is 0 Å². The van der Waals surface area contributed by atoms with Gasteiger partial charge < -0.3 is 10.5 Å². The predicted octanol–water partition coefficient (Wildman–Crippen LogP) is 1.55. The van der Waals surface area contributed by atoms with E-state index in [0.717, 1.165) is 0 Å². The molecule has 0 fully saturated rings. The molecule has 2 aromatic rings. The minimum absolute atomic E-state index is 0.355. The monoisotopic (exact) mass is 202 g/mol. The largest absolute Gasteiger partial charge is 0.451 e. The summed E-state index contributed by atoms with van der Waals surface area (Å²) in [7, 11) is 0. The van der Waals surface area contributed by atoms with Crippen LogP contribution in [0.1, 0.15) is 5.69 Å². The van der Waals surface area contributed by atoms with Crippen LogP contribution in [-0.4, -0.2) is 15.2 Å². The lowest BCUT2D eigenvalue weighted by molar-refractivity contribution is 0.474. The van der Waals surface area contributed by atoms with Crippen molar-refractivity contribution in [2.75, 3.05) is 5.73 Å². The summed E-state index contributed by atoms with van der Waals surface area (Å²) in [4.78, 5) is 3.92. The molecule has 2 rings (SSSR count). The van der Waals surface area contributed by atoms with E-state index in [2.05, 4.69) is 15.2 Å². The molecule has 0 aliphatic rings. The minimum Gasteiger partial charge on any atom is -0.451 e. The Kier molecular flexibility index (Phi) is 2.45. The van der Waals surface area contributed by atoms with E-state index in [1.807, 2.05) is 6.92 Å². The third kappa shape index (κ3) is 2.01. The van der Waals surface area contributed by atoms with Gasteiger partial charge in [0.15, 0.2) is 17.3 Å². The number of nitrogen functional groups attached to an aromatic ring is 1. The zero-order chi connectivity index (χ0) is 10.7. The number of aromatic nitrogens is 3. The third-order valence-electron chi connectivity index (χ3n) is 1.88. The fourth-order valence-electron chi connectivity index (χ4n) is 1.11. The first-order valence-corrected chi connectivity index (χ1v) is 4.44. The maximum Gasteiger partial charge on any atom is 0.169 e. The van der Waals surface area contributed by atoms with Crippen molar-refractivity contribution in [3.05, 3.63) is 36.3 Å². The summed E-state index contributed by atoms with van der Waals surface area (Å²) in [5, 5.41) is 7.60. The highest BCUT2D eigenvalue weighted by molar-refractivity contribution is 5.47. The van der Waals surface area contributed by atoms with Crippen LogP contribution in [0.5, 0.6) is 11.5 Å². The molecule has 0 bridgehead atoms. The van der Waals surface area contributed by atoms with E-state index in [1.54, 1.807) is 30.6 Å². The zero-order valence-electron chi connectivity index (χ0n) is 8.21. The van der Waals surface area contributed by atoms with Gasteiger partial charge in [0.25, 0.3) is 0 Å². The van der Waals surface area contributed by atoms with E-state index in [9.17, 15) is 0 Å². The first-order valence-electron chi connectivity index (χ1n) is 4.44. The summed E-state index contributed by atoms with van der Waals surface area (Å²) in [5.74, 6) is 1.51. The van der Waals surface area contributed by atoms with Crippen molar-refractivity contribution < 1.29 is 4.74 Å². The molecule has 15 heavy (non-hydrogen) atoms. The molecule has 0 radical (unpaired) electrons. The summed E-state index contributed by atoms with van der Waals surface area (Å²) in [5.41, 5.74) is 6.36. The average Bonchev–Trinajstić information content (AvgIpc) is 2.24. The van der Waals surface area contributed by atoms with Gasteiger partial charge in [-0.25, -0.2) is 4.98 Å². The number of rotatable bonds is 2. The third-order valence-corrected chi connectivity index (χ3v) is 1.88. The van der Waals surface area contributed by atoms with Crippen LogP contribution in [0.15, 0.2) is 30.6 Å². The zero-order valence-corrected chi connectivity index (χ0v) is 8.21. The van der Waals surface area contributed by atoms with Crippen LogP contribution in [0, 0.1) is 6.92 Å². The Hall–Kier alpha value is -2.17. The van der Waals surface area contributed by atoms with Gasteiger partial charge in [-0.05, 0) is 19.1 Å². The van der Waals surface area contributed by atoms with Crippen LogP contribution in [0.3, 0.4) is 0 Å². The quantitative estimate of drug-likeness (QED) is 0.799. The minimum atomic E-state index is 0.355. The first-order chi connectivity index (χ1) is 7.27. The second-order valence-corrected chi connectivity index (χ2v) is 2.97. The second-order valence-electron chi connectivity index (χ2n) is 2.97. The summed E-state index contributed by atoms with van der Waals surface area (Å²) >= 11 is 0. The van der Waals surface area contributed by atoms with E-state index in [0.29, 0.717) is 23.0 Å². The highest BCUT2D eigenvalue weighted by Crippen LogP contribution is 2.25. The molecule has 5 nitrogen and oxygen atoms in total. The van der Waals surface area contributed by atoms with Crippen LogP contribution in [-0.2, 0) is 0 Å². The van der Waals surface area contributed by atoms with Gasteiger partial charge in [0, 0.05) is 12.3 Å². The molecule has 0 unspecified atom stereocenters. The van der Waals surface area contributed by atoms with Crippen molar-refractivity contribution in [3.8, 4) is 11.5 Å². The molecular weight excluding hydrogens is 192 g/mol. The lowest BCUT2D eigenvalue weighted by Gasteiger charge is -2.07. The molecule has 0 atom stereocenters. The van der Waals surface area contributed by atoms with E-state index < -0.39 is 0 Å². The highest BCUT2D eigenvalue weighted by Gasteiger charge is 2.04. The number of nitrogens with zero attached hydrogens (tertiary/aromatic N) is 3. The Morgan fingerprint density at radius 1 is 1.20 bits per heavy atom. The Bertz CT molecular complexity index is 429. The summed E-state index contributed by atoms with van der Waals surface area (Å²) in [6, 6.07) is 5.24. The molecule has 76 valence electrons. The Morgan fingerprint density at radius 3 is 2.80 bits per heavy atom. The molecular formula is C10H10N4O. The van der Waals surface area contributed by atoms with E-state index in [-0.39, 0.29) is 0 Å². The van der Waals surface area contributed by atoms with Crippen LogP contribution in [0.25, 0.3) is 0 Å². The standard InChI is InChI=1S/C10H10N4O/c1-7-8(4-6-13-14-7)15-9-3-2-5-12-10(9)11/h2-6H,1H3,(H2,11,12). The number of nitrogens with two attached hydrogens (primary N) is 1. The van der Waals surface area contributed by atoms with Crippen LogP contribution in [0.2, 0.25) is 0 Å². The fourth-order valence-corrected chi connectivity index (χ4v) is 1.11. The van der Waals surface area contributed by atoms with E-state index in [1.165, 1.54) is 0 Å². The molecule has 0 saturated carbocycles. The van der Waals surface area contributed by atoms with Gasteiger partial charge in [-0.15, -0.1) is 0 Å². The number of hydrogen-bond acceptors (Lipinski definition) is 5. The topological polar surface area (TPSA) is 73.9 Å². The lowest BCUT2D eigenvalue weighted by Crippen LogP contribution is -1.96. The molecule has 0 aliphatic heterocycles. The van der Waals surface area contributed by atoms with Gasteiger partial charge in [0.2, 0.25) is 0 Å². The SMILES string of the molecule is Cc1nnccc1Oc1cccnc1N. The summed E-state index contributed by atoms with van der Waals surface area (Å²) in [6.45, 7) is 1.81. The van der Waals surface area contributed by atoms with Crippen LogP contribution < -0.4 is 10.5 Å². The maximum absolute atomic E-state index is 5.65. The van der Waals surface area contributed by atoms with Crippen molar-refractivity contribution in [3.63, 3.8) is 0 Å². The Morgan fingerprint density at radius 2 is 2.07 bits per heavy atom. The van der Waals surface area contributed by atoms with Crippen molar-refractivity contribution in [1.82, 2.24) is 15.2 Å². The fraction of sp³-hybridized carbons (Fsp3) is 0.100. The number of hydrogen-bond donors (Lipinski definition) is 1. The second kappa shape index (κ2) is 3.91. The number of aryl methyl sites for hydroxylation is 1. The molecule has 2 N–H and O–H groups in total. The number of ether oxygens (including phenoxy) is 1. The molecule has 0 saturated heterocycles. The number of anilines is 1. The Balaban J connectivity index is 2.30. The van der Waals surface area contributed by atoms with Gasteiger partial charge in [-0.3, -0.25) is 0 Å². The molecule has 2 aromatic heterocycles. The highest BCUT2D eigenvalue weighted by atomic mass is 16.5. The average molecular weight is 202 g/mol. The van der Waals surface area contributed by atoms with Gasteiger partial charge in [0.1, 0.15) is 5.69 Å². The molecule has 0 aliphatic carbocycles. The van der Waals surface area contributed by atoms with Crippen LogP contribution in [0.4, 0.5) is 5.82 Å². The van der Waals surface area contributed by atoms with E-state index in [4.69, 9.17) is 10.5 Å². The maximum atomic E-state index is 5.65. The lowest BCUT2D eigenvalue weighted by atomic mass is 10.4. The van der Waals surface area contributed by atoms with Crippen molar-refractivity contribution in [1.29, 1.82) is 0 Å². The molecule has 0 spiro atoms. The number of pyridine rings is 1. The normalized spacial score (nSPS) is 9.93. The molecule has 0 amide bonds. The van der Waals surface area contributed by atoms with E-state index >= 15 is 0 Å². The summed E-state index contributed by atoms with van der Waals surface area (Å²) < 4.78 is 5.55. The summed E-state index contributed by atoms with van der Waals surface area (Å²) in [6.07, 6.45) is 3.18. The van der Waals surface area contributed by atoms with Gasteiger partial charge in [-0.1, -0.05) is 0 Å². The van der Waals surface area contributed by atoms with Gasteiger partial charge in [0.05, 0.1) is 6.20 Å². The smallest absolute Gasteiger partial charge is 0.169 e. The Labute approximate surface area is 86.9 Å². The van der Waals surface area contributed by atoms with Gasteiger partial charge in [-0.2, -0.15) is 10.2 Å². The van der Waals surface area contributed by atoms with Crippen molar-refractivity contribution in [2.45, 2.75) is 6.92 Å². The molecule has 5 heteroatoms.